The Morgan fingerprint density at radius 2 is 2.02 bits per heavy atom. The molecule has 2 aromatic rings. The summed E-state index contributed by atoms with van der Waals surface area (Å²) in [6.07, 6.45) is 4.59. The molecule has 3 aliphatic rings. The van der Waals surface area contributed by atoms with Crippen molar-refractivity contribution < 1.29 is 13.9 Å². The van der Waals surface area contributed by atoms with Crippen LogP contribution >= 0.6 is 0 Å². The average molecular weight is 556 g/mol. The fraction of sp³-hybridized carbons (Fsp3) is 0.419. The Labute approximate surface area is 240 Å². The molecule has 3 atom stereocenters. The Kier molecular flexibility index (Phi) is 8.46. The summed E-state index contributed by atoms with van der Waals surface area (Å²) >= 11 is 0. The van der Waals surface area contributed by atoms with Gasteiger partial charge >= 0.3 is 0 Å². The maximum atomic E-state index is 15.1. The van der Waals surface area contributed by atoms with E-state index in [9.17, 15) is 15.3 Å². The van der Waals surface area contributed by atoms with Gasteiger partial charge in [-0.05, 0) is 63.7 Å². The van der Waals surface area contributed by atoms with Crippen molar-refractivity contribution in [2.24, 2.45) is 4.99 Å². The van der Waals surface area contributed by atoms with Crippen LogP contribution in [-0.2, 0) is 9.53 Å². The number of nitriles is 2. The molecule has 212 valence electrons. The van der Waals surface area contributed by atoms with E-state index in [0.717, 1.165) is 30.6 Å². The van der Waals surface area contributed by atoms with Gasteiger partial charge in [-0.1, -0.05) is 18.2 Å². The van der Waals surface area contributed by atoms with E-state index in [1.807, 2.05) is 18.0 Å². The number of benzene rings is 2. The molecule has 0 radical (unpaired) electrons. The molecule has 9 nitrogen and oxygen atoms in total. The third kappa shape index (κ3) is 5.73. The van der Waals surface area contributed by atoms with E-state index in [4.69, 9.17) is 9.73 Å². The summed E-state index contributed by atoms with van der Waals surface area (Å²) in [4.78, 5) is 21.3. The Hall–Kier alpha value is -4.09. The summed E-state index contributed by atoms with van der Waals surface area (Å²) in [5.74, 6) is -0.624. The van der Waals surface area contributed by atoms with Gasteiger partial charge in [0.2, 0.25) is 12.3 Å². The lowest BCUT2D eigenvalue weighted by Crippen LogP contribution is -2.62. The Morgan fingerprint density at radius 3 is 2.73 bits per heavy atom. The van der Waals surface area contributed by atoms with Crippen LogP contribution in [0.2, 0.25) is 0 Å². The number of amides is 1. The highest BCUT2D eigenvalue weighted by Crippen LogP contribution is 2.37. The highest BCUT2D eigenvalue weighted by molar-refractivity contribution is 5.93. The fourth-order valence-electron chi connectivity index (χ4n) is 5.91. The number of nitrogens with zero attached hydrogens (tertiary/aromatic N) is 7. The van der Waals surface area contributed by atoms with Crippen LogP contribution in [0.3, 0.4) is 0 Å². The van der Waals surface area contributed by atoms with Crippen molar-refractivity contribution in [1.82, 2.24) is 14.8 Å². The zero-order chi connectivity index (χ0) is 29.1. The molecular formula is C31H34FN7O2. The van der Waals surface area contributed by atoms with E-state index >= 15 is 4.39 Å². The largest absolute Gasteiger partial charge is 0.336 e. The van der Waals surface area contributed by atoms with Crippen LogP contribution in [-0.4, -0.2) is 85.2 Å². The van der Waals surface area contributed by atoms with Gasteiger partial charge in [-0.2, -0.15) is 10.5 Å². The minimum absolute atomic E-state index is 0.158. The SMILES string of the molecule is C=CC(=O)N1CCN(N2c3cc(-c4cc(C)ccc4F)c(C#N)cc3C=NC2OC[C@@H]2CCCN2C)C[C@@H]1CC#N. The number of halogens is 1. The molecule has 0 N–H and O–H groups in total. The molecule has 0 aliphatic carbocycles. The van der Waals surface area contributed by atoms with Crippen molar-refractivity contribution in [3.63, 3.8) is 0 Å². The first-order chi connectivity index (χ1) is 19.8. The second-order valence-corrected chi connectivity index (χ2v) is 10.8. The van der Waals surface area contributed by atoms with Gasteiger partial charge in [-0.15, -0.1) is 0 Å². The van der Waals surface area contributed by atoms with Crippen molar-refractivity contribution in [3.05, 3.63) is 65.5 Å². The van der Waals surface area contributed by atoms with Gasteiger partial charge in [0.15, 0.2) is 0 Å². The molecular weight excluding hydrogens is 521 g/mol. The highest BCUT2D eigenvalue weighted by atomic mass is 19.1. The molecule has 2 saturated heterocycles. The summed E-state index contributed by atoms with van der Waals surface area (Å²) < 4.78 is 21.5. The van der Waals surface area contributed by atoms with Crippen LogP contribution in [0.1, 0.15) is 36.0 Å². The van der Waals surface area contributed by atoms with Gasteiger partial charge in [0.25, 0.3) is 0 Å². The summed E-state index contributed by atoms with van der Waals surface area (Å²) in [5, 5.41) is 23.5. The second-order valence-electron chi connectivity index (χ2n) is 10.8. The molecule has 0 bridgehead atoms. The molecule has 5 rings (SSSR count). The first-order valence-electron chi connectivity index (χ1n) is 13.9. The number of ether oxygens (including phenoxy) is 1. The van der Waals surface area contributed by atoms with Crippen LogP contribution < -0.4 is 5.01 Å². The van der Waals surface area contributed by atoms with Gasteiger partial charge in [-0.3, -0.25) is 9.80 Å². The lowest BCUT2D eigenvalue weighted by atomic mass is 9.95. The molecule has 2 aromatic carbocycles. The van der Waals surface area contributed by atoms with Crippen LogP contribution in [0.5, 0.6) is 0 Å². The molecule has 1 amide bonds. The molecule has 0 spiro atoms. The quantitative estimate of drug-likeness (QED) is 0.479. The zero-order valence-corrected chi connectivity index (χ0v) is 23.5. The summed E-state index contributed by atoms with van der Waals surface area (Å²) in [6, 6.07) is 12.8. The maximum absolute atomic E-state index is 15.1. The van der Waals surface area contributed by atoms with E-state index in [-0.39, 0.29) is 24.4 Å². The van der Waals surface area contributed by atoms with Crippen molar-refractivity contribution in [1.29, 1.82) is 10.5 Å². The van der Waals surface area contributed by atoms with Crippen molar-refractivity contribution in [2.75, 3.05) is 44.8 Å². The summed E-state index contributed by atoms with van der Waals surface area (Å²) in [5.41, 5.74) is 3.48. The third-order valence-electron chi connectivity index (χ3n) is 8.16. The molecule has 3 aliphatic heterocycles. The van der Waals surface area contributed by atoms with E-state index in [1.54, 1.807) is 29.3 Å². The number of aryl methyl sites for hydroxylation is 1. The fourth-order valence-corrected chi connectivity index (χ4v) is 5.91. The number of carbonyl (C=O) groups excluding carboxylic acids is 1. The van der Waals surface area contributed by atoms with E-state index in [0.29, 0.717) is 48.5 Å². The van der Waals surface area contributed by atoms with Crippen LogP contribution in [0.15, 0.2) is 48.0 Å². The Balaban J connectivity index is 1.56. The van der Waals surface area contributed by atoms with Crippen molar-refractivity contribution >= 4 is 17.8 Å². The number of hydrazine groups is 1. The molecule has 0 aromatic heterocycles. The highest BCUT2D eigenvalue weighted by Gasteiger charge is 2.38. The number of fused-ring (bicyclic) bond motifs is 1. The van der Waals surface area contributed by atoms with E-state index in [2.05, 4.69) is 35.7 Å². The number of hydrogen-bond donors (Lipinski definition) is 0. The Morgan fingerprint density at radius 1 is 1.20 bits per heavy atom. The van der Waals surface area contributed by atoms with Crippen molar-refractivity contribution in [2.45, 2.75) is 44.6 Å². The lowest BCUT2D eigenvalue weighted by molar-refractivity contribution is -0.131. The molecule has 10 heteroatoms. The van der Waals surface area contributed by atoms with Gasteiger partial charge in [-0.25, -0.2) is 14.4 Å². The third-order valence-corrected chi connectivity index (χ3v) is 8.16. The number of anilines is 1. The van der Waals surface area contributed by atoms with Crippen LogP contribution in [0, 0.1) is 35.4 Å². The number of likely N-dealkylation sites (tertiary alicyclic amines) is 1. The first-order valence-corrected chi connectivity index (χ1v) is 13.9. The van der Waals surface area contributed by atoms with Gasteiger partial charge in [0, 0.05) is 48.6 Å². The average Bonchev–Trinajstić information content (AvgIpc) is 3.40. The molecule has 0 saturated carbocycles. The second kappa shape index (κ2) is 12.2. The van der Waals surface area contributed by atoms with E-state index in [1.165, 1.54) is 12.1 Å². The number of aliphatic imine (C=N–C) groups is 1. The zero-order valence-electron chi connectivity index (χ0n) is 23.5. The predicted molar refractivity (Wildman–Crippen MR) is 154 cm³/mol. The van der Waals surface area contributed by atoms with Gasteiger partial charge in [0.05, 0.1) is 42.5 Å². The predicted octanol–water partition coefficient (Wildman–Crippen LogP) is 3.83. The van der Waals surface area contributed by atoms with Gasteiger partial charge < -0.3 is 14.5 Å². The monoisotopic (exact) mass is 555 g/mol. The summed E-state index contributed by atoms with van der Waals surface area (Å²) in [7, 11) is 2.09. The molecule has 1 unspecified atom stereocenters. The van der Waals surface area contributed by atoms with Crippen LogP contribution in [0.4, 0.5) is 10.1 Å². The topological polar surface area (TPSA) is 99.2 Å². The summed E-state index contributed by atoms with van der Waals surface area (Å²) in [6.45, 7) is 8.24. The maximum Gasteiger partial charge on any atom is 0.246 e. The van der Waals surface area contributed by atoms with Crippen molar-refractivity contribution in [3.8, 4) is 23.3 Å². The molecule has 2 fully saturated rings. The van der Waals surface area contributed by atoms with Gasteiger partial charge in [0.1, 0.15) is 5.82 Å². The van der Waals surface area contributed by atoms with E-state index < -0.39 is 12.2 Å². The lowest BCUT2D eigenvalue weighted by Gasteiger charge is -2.48. The minimum atomic E-state index is -0.705. The molecule has 3 heterocycles. The van der Waals surface area contributed by atoms with Crippen LogP contribution in [0.25, 0.3) is 11.1 Å². The number of piperazine rings is 1. The first kappa shape index (κ1) is 28.4. The number of likely N-dealkylation sites (N-methyl/N-ethyl adjacent to an activating group) is 1. The number of rotatable bonds is 7. The standard InChI is InChI=1S/C31H34FN7O2/c1-4-30(40)38-13-12-37(19-24(38)9-10-33)39-29-16-26(27-14-21(2)7-8-28(27)32)22(17-34)15-23(29)18-35-31(39)41-20-25-6-5-11-36(25)3/h4,7-8,14-16,18,24-25,31H,1,5-6,9,11-13,19-20H2,2-3H3/t24-,25-,31?/m0/s1. The number of hydrogen-bond acceptors (Lipinski definition) is 8. The molecule has 41 heavy (non-hydrogen) atoms. The Bertz CT molecular complexity index is 1450. The smallest absolute Gasteiger partial charge is 0.246 e. The minimum Gasteiger partial charge on any atom is -0.336 e. The number of carbonyl (C=O) groups is 1. The normalized spacial score (nSPS) is 22.7.